The van der Waals surface area contributed by atoms with Crippen LogP contribution in [0.25, 0.3) is 11.1 Å². The third kappa shape index (κ3) is 2.19. The molecule has 0 saturated heterocycles. The molecule has 1 aromatic carbocycles. The van der Waals surface area contributed by atoms with Crippen molar-refractivity contribution in [1.29, 1.82) is 0 Å². The first-order valence-corrected chi connectivity index (χ1v) is 5.41. The zero-order chi connectivity index (χ0) is 10.8. The lowest BCUT2D eigenvalue weighted by atomic mass is 10.1. The van der Waals surface area contributed by atoms with E-state index in [1.807, 2.05) is 6.07 Å². The van der Waals surface area contributed by atoms with Crippen molar-refractivity contribution in [3.05, 3.63) is 52.0 Å². The van der Waals surface area contributed by atoms with Gasteiger partial charge in [-0.2, -0.15) is 0 Å². The summed E-state index contributed by atoms with van der Waals surface area (Å²) in [6.07, 6.45) is 1.62. The Morgan fingerprint density at radius 3 is 2.47 bits per heavy atom. The Labute approximate surface area is 100 Å². The number of halogens is 3. The molecule has 0 spiro atoms. The highest BCUT2D eigenvalue weighted by Gasteiger charge is 2.06. The molecular formula is C11H6BrClFN. The van der Waals surface area contributed by atoms with E-state index >= 15 is 0 Å². The van der Waals surface area contributed by atoms with Crippen LogP contribution in [0.4, 0.5) is 4.39 Å². The van der Waals surface area contributed by atoms with Crippen molar-refractivity contribution in [1.82, 2.24) is 4.98 Å². The highest BCUT2D eigenvalue weighted by atomic mass is 79.9. The van der Waals surface area contributed by atoms with Gasteiger partial charge in [-0.05, 0) is 39.7 Å². The van der Waals surface area contributed by atoms with Gasteiger partial charge in [-0.1, -0.05) is 23.7 Å². The predicted molar refractivity (Wildman–Crippen MR) is 62.3 cm³/mol. The number of hydrogen-bond acceptors (Lipinski definition) is 1. The maximum atomic E-state index is 12.7. The van der Waals surface area contributed by atoms with Gasteiger partial charge in [-0.15, -0.1) is 0 Å². The summed E-state index contributed by atoms with van der Waals surface area (Å²) >= 11 is 9.21. The molecule has 0 amide bonds. The van der Waals surface area contributed by atoms with Crippen LogP contribution >= 0.6 is 27.5 Å². The van der Waals surface area contributed by atoms with Crippen molar-refractivity contribution in [2.75, 3.05) is 0 Å². The smallest absolute Gasteiger partial charge is 0.143 e. The summed E-state index contributed by atoms with van der Waals surface area (Å²) in [6, 6.07) is 8.05. The standard InChI is InChI=1S/C11H6BrClFN/c12-10-9(5-6-15-11(10)13)7-1-3-8(14)4-2-7/h1-6H. The number of hydrogen-bond donors (Lipinski definition) is 0. The lowest BCUT2D eigenvalue weighted by Gasteiger charge is -2.05. The van der Waals surface area contributed by atoms with E-state index in [0.29, 0.717) is 5.15 Å². The monoisotopic (exact) mass is 285 g/mol. The van der Waals surface area contributed by atoms with E-state index in [1.54, 1.807) is 18.3 Å². The van der Waals surface area contributed by atoms with Crippen molar-refractivity contribution in [2.24, 2.45) is 0 Å². The number of nitrogens with zero attached hydrogens (tertiary/aromatic N) is 1. The van der Waals surface area contributed by atoms with Crippen LogP contribution in [0.3, 0.4) is 0 Å². The van der Waals surface area contributed by atoms with E-state index < -0.39 is 0 Å². The molecule has 0 aliphatic rings. The molecule has 2 rings (SSSR count). The van der Waals surface area contributed by atoms with E-state index in [1.165, 1.54) is 12.1 Å². The maximum Gasteiger partial charge on any atom is 0.143 e. The second kappa shape index (κ2) is 4.29. The molecule has 0 aliphatic carbocycles. The Balaban J connectivity index is 2.54. The van der Waals surface area contributed by atoms with E-state index in [4.69, 9.17) is 11.6 Å². The first-order valence-electron chi connectivity index (χ1n) is 4.24. The Bertz CT molecular complexity index is 484. The van der Waals surface area contributed by atoms with E-state index in [2.05, 4.69) is 20.9 Å². The largest absolute Gasteiger partial charge is 0.243 e. The molecule has 1 aromatic heterocycles. The first kappa shape index (κ1) is 10.6. The fourth-order valence-electron chi connectivity index (χ4n) is 1.27. The quantitative estimate of drug-likeness (QED) is 0.712. The van der Waals surface area contributed by atoms with Crippen LogP contribution in [0.15, 0.2) is 41.0 Å². The van der Waals surface area contributed by atoms with Crippen molar-refractivity contribution in [2.45, 2.75) is 0 Å². The lowest BCUT2D eigenvalue weighted by Crippen LogP contribution is -1.84. The molecule has 0 atom stereocenters. The minimum atomic E-state index is -0.255. The van der Waals surface area contributed by atoms with Gasteiger partial charge in [0.2, 0.25) is 0 Å². The highest BCUT2D eigenvalue weighted by Crippen LogP contribution is 2.32. The average molecular weight is 287 g/mol. The molecule has 1 heterocycles. The van der Waals surface area contributed by atoms with E-state index in [0.717, 1.165) is 15.6 Å². The minimum absolute atomic E-state index is 0.255. The zero-order valence-electron chi connectivity index (χ0n) is 7.55. The molecule has 0 bridgehead atoms. The summed E-state index contributed by atoms with van der Waals surface area (Å²) in [6.45, 7) is 0. The SMILES string of the molecule is Fc1ccc(-c2ccnc(Cl)c2Br)cc1. The van der Waals surface area contributed by atoms with Crippen LogP contribution in [0.5, 0.6) is 0 Å². The van der Waals surface area contributed by atoms with Crippen LogP contribution in [0.2, 0.25) is 5.15 Å². The number of benzene rings is 1. The van der Waals surface area contributed by atoms with Gasteiger partial charge >= 0.3 is 0 Å². The van der Waals surface area contributed by atoms with Crippen LogP contribution in [-0.2, 0) is 0 Å². The molecule has 0 fully saturated rings. The third-order valence-corrected chi connectivity index (χ3v) is 3.32. The van der Waals surface area contributed by atoms with Gasteiger partial charge in [-0.3, -0.25) is 0 Å². The average Bonchev–Trinajstić information content (AvgIpc) is 2.24. The van der Waals surface area contributed by atoms with Crippen molar-refractivity contribution >= 4 is 27.5 Å². The zero-order valence-corrected chi connectivity index (χ0v) is 9.89. The van der Waals surface area contributed by atoms with Crippen molar-refractivity contribution < 1.29 is 4.39 Å². The summed E-state index contributed by atoms with van der Waals surface area (Å²) < 4.78 is 13.5. The van der Waals surface area contributed by atoms with Crippen LogP contribution in [0, 0.1) is 5.82 Å². The van der Waals surface area contributed by atoms with E-state index in [-0.39, 0.29) is 5.82 Å². The van der Waals surface area contributed by atoms with Gasteiger partial charge in [0.1, 0.15) is 11.0 Å². The Morgan fingerprint density at radius 1 is 1.13 bits per heavy atom. The van der Waals surface area contributed by atoms with Gasteiger partial charge in [0.15, 0.2) is 0 Å². The Hall–Kier alpha value is -0.930. The first-order chi connectivity index (χ1) is 7.18. The molecular weight excluding hydrogens is 280 g/mol. The molecule has 0 radical (unpaired) electrons. The molecule has 15 heavy (non-hydrogen) atoms. The van der Waals surface area contributed by atoms with Crippen LogP contribution in [-0.4, -0.2) is 4.98 Å². The normalized spacial score (nSPS) is 10.3. The molecule has 76 valence electrons. The predicted octanol–water partition coefficient (Wildman–Crippen LogP) is 4.30. The topological polar surface area (TPSA) is 12.9 Å². The van der Waals surface area contributed by atoms with Gasteiger partial charge in [0.25, 0.3) is 0 Å². The molecule has 0 aliphatic heterocycles. The lowest BCUT2D eigenvalue weighted by molar-refractivity contribution is 0.628. The van der Waals surface area contributed by atoms with Gasteiger partial charge in [-0.25, -0.2) is 9.37 Å². The molecule has 4 heteroatoms. The number of pyridine rings is 1. The van der Waals surface area contributed by atoms with Crippen LogP contribution in [0.1, 0.15) is 0 Å². The van der Waals surface area contributed by atoms with Crippen LogP contribution < -0.4 is 0 Å². The van der Waals surface area contributed by atoms with Crippen molar-refractivity contribution in [3.63, 3.8) is 0 Å². The molecule has 0 N–H and O–H groups in total. The van der Waals surface area contributed by atoms with Gasteiger partial charge in [0, 0.05) is 11.8 Å². The van der Waals surface area contributed by atoms with Crippen molar-refractivity contribution in [3.8, 4) is 11.1 Å². The molecule has 0 saturated carbocycles. The van der Waals surface area contributed by atoms with E-state index in [9.17, 15) is 4.39 Å². The number of aromatic nitrogens is 1. The summed E-state index contributed by atoms with van der Waals surface area (Å²) in [4.78, 5) is 3.93. The third-order valence-electron chi connectivity index (χ3n) is 2.00. The summed E-state index contributed by atoms with van der Waals surface area (Å²) in [5, 5.41) is 0.400. The highest BCUT2D eigenvalue weighted by molar-refractivity contribution is 9.10. The molecule has 2 aromatic rings. The van der Waals surface area contributed by atoms with Gasteiger partial charge in [0.05, 0.1) is 4.47 Å². The minimum Gasteiger partial charge on any atom is -0.243 e. The Morgan fingerprint density at radius 2 is 1.80 bits per heavy atom. The second-order valence-corrected chi connectivity index (χ2v) is 4.12. The molecule has 1 nitrogen and oxygen atoms in total. The number of rotatable bonds is 1. The maximum absolute atomic E-state index is 12.7. The Kier molecular flexibility index (Phi) is 3.03. The van der Waals surface area contributed by atoms with Gasteiger partial charge < -0.3 is 0 Å². The summed E-state index contributed by atoms with van der Waals surface area (Å²) in [5.74, 6) is -0.255. The summed E-state index contributed by atoms with van der Waals surface area (Å²) in [7, 11) is 0. The second-order valence-electron chi connectivity index (χ2n) is 2.97. The fraction of sp³-hybridized carbons (Fsp3) is 0. The fourth-order valence-corrected chi connectivity index (χ4v) is 1.89. The molecule has 0 unspecified atom stereocenters. The summed E-state index contributed by atoms with van der Waals surface area (Å²) in [5.41, 5.74) is 1.79.